The molecule has 0 spiro atoms. The molecule has 0 saturated carbocycles. The largest absolute Gasteiger partial charge is 0.494 e. The second kappa shape index (κ2) is 10.9. The van der Waals surface area contributed by atoms with E-state index in [0.29, 0.717) is 31.2 Å². The summed E-state index contributed by atoms with van der Waals surface area (Å²) in [6.07, 6.45) is 5.34. The summed E-state index contributed by atoms with van der Waals surface area (Å²) in [5.41, 5.74) is 1.70. The summed E-state index contributed by atoms with van der Waals surface area (Å²) >= 11 is 0. The summed E-state index contributed by atoms with van der Waals surface area (Å²) in [6.45, 7) is 3.94. The SMILES string of the molecule is CCOc1ccc(CCC2CCN(C(=O)c3occc3CS(=O)(=O)c3ccccc3)CC2)cc1. The number of furan rings is 1. The number of ether oxygens (including phenoxy) is 1. The third kappa shape index (κ3) is 5.89. The first-order valence-corrected chi connectivity index (χ1v) is 13.5. The smallest absolute Gasteiger partial charge is 0.289 e. The molecule has 0 bridgehead atoms. The third-order valence-electron chi connectivity index (χ3n) is 6.37. The molecule has 0 unspecified atom stereocenters. The summed E-state index contributed by atoms with van der Waals surface area (Å²) in [5.74, 6) is 1.10. The zero-order valence-electron chi connectivity index (χ0n) is 19.5. The van der Waals surface area contributed by atoms with E-state index in [1.807, 2.05) is 19.1 Å². The molecule has 1 aliphatic heterocycles. The molecule has 4 rings (SSSR count). The molecule has 7 heteroatoms. The van der Waals surface area contributed by atoms with Crippen LogP contribution in [0.1, 0.15) is 47.9 Å². The number of benzene rings is 2. The zero-order chi connectivity index (χ0) is 24.0. The molecule has 1 fully saturated rings. The van der Waals surface area contributed by atoms with E-state index in [4.69, 9.17) is 9.15 Å². The van der Waals surface area contributed by atoms with Gasteiger partial charge in [-0.3, -0.25) is 4.79 Å². The standard InChI is InChI=1S/C27H31NO5S/c1-2-32-24-12-10-21(11-13-24)8-9-22-14-17-28(18-15-22)27(29)26-23(16-19-33-26)20-34(30,31)25-6-4-3-5-7-25/h3-7,10-13,16,19,22H,2,8-9,14-15,17-18,20H2,1H3. The van der Waals surface area contributed by atoms with E-state index in [-0.39, 0.29) is 22.3 Å². The fourth-order valence-corrected chi connectivity index (χ4v) is 5.79. The molecule has 1 aromatic heterocycles. The number of nitrogens with zero attached hydrogens (tertiary/aromatic N) is 1. The van der Waals surface area contributed by atoms with Gasteiger partial charge in [-0.15, -0.1) is 0 Å². The molecule has 2 heterocycles. The van der Waals surface area contributed by atoms with Crippen LogP contribution in [0.5, 0.6) is 5.75 Å². The van der Waals surface area contributed by atoms with Crippen LogP contribution >= 0.6 is 0 Å². The predicted octanol–water partition coefficient (Wildman–Crippen LogP) is 5.14. The van der Waals surface area contributed by atoms with Crippen LogP contribution in [0.2, 0.25) is 0 Å². The molecule has 2 aromatic carbocycles. The van der Waals surface area contributed by atoms with Crippen molar-refractivity contribution in [1.82, 2.24) is 4.90 Å². The Labute approximate surface area is 201 Å². The summed E-state index contributed by atoms with van der Waals surface area (Å²) in [7, 11) is -3.56. The Balaban J connectivity index is 1.31. The molecular formula is C27H31NO5S. The summed E-state index contributed by atoms with van der Waals surface area (Å²) in [4.78, 5) is 15.1. The lowest BCUT2D eigenvalue weighted by atomic mass is 9.90. The topological polar surface area (TPSA) is 76.8 Å². The quantitative estimate of drug-likeness (QED) is 0.423. The molecule has 1 amide bonds. The van der Waals surface area contributed by atoms with E-state index in [1.54, 1.807) is 41.3 Å². The highest BCUT2D eigenvalue weighted by atomic mass is 32.2. The average molecular weight is 482 g/mol. The summed E-state index contributed by atoms with van der Waals surface area (Å²) < 4.78 is 36.5. The van der Waals surface area contributed by atoms with Crippen molar-refractivity contribution < 1.29 is 22.4 Å². The summed E-state index contributed by atoms with van der Waals surface area (Å²) in [5, 5.41) is 0. The van der Waals surface area contributed by atoms with Crippen LogP contribution in [0.4, 0.5) is 0 Å². The minimum Gasteiger partial charge on any atom is -0.494 e. The molecule has 1 saturated heterocycles. The van der Waals surface area contributed by atoms with Gasteiger partial charge in [-0.25, -0.2) is 8.42 Å². The number of piperidine rings is 1. The van der Waals surface area contributed by atoms with E-state index < -0.39 is 9.84 Å². The maximum absolute atomic E-state index is 13.1. The number of amides is 1. The van der Waals surface area contributed by atoms with E-state index in [9.17, 15) is 13.2 Å². The van der Waals surface area contributed by atoms with Crippen molar-refractivity contribution in [2.24, 2.45) is 5.92 Å². The number of hydrogen-bond acceptors (Lipinski definition) is 5. The first-order chi connectivity index (χ1) is 16.5. The molecule has 180 valence electrons. The Kier molecular flexibility index (Phi) is 7.73. The maximum Gasteiger partial charge on any atom is 0.289 e. The van der Waals surface area contributed by atoms with E-state index in [0.717, 1.165) is 31.4 Å². The molecule has 6 nitrogen and oxygen atoms in total. The van der Waals surface area contributed by atoms with Crippen LogP contribution in [0, 0.1) is 5.92 Å². The van der Waals surface area contributed by atoms with Gasteiger partial charge in [0.1, 0.15) is 5.75 Å². The minimum absolute atomic E-state index is 0.132. The normalized spacial score (nSPS) is 14.8. The molecule has 0 aliphatic carbocycles. The Bertz CT molecular complexity index is 1180. The Morgan fingerprint density at radius 1 is 1.03 bits per heavy atom. The number of aryl methyl sites for hydroxylation is 1. The lowest BCUT2D eigenvalue weighted by Gasteiger charge is -2.31. The Hall–Kier alpha value is -3.06. The molecule has 0 atom stereocenters. The van der Waals surface area contributed by atoms with E-state index >= 15 is 0 Å². The third-order valence-corrected chi connectivity index (χ3v) is 8.05. The van der Waals surface area contributed by atoms with Crippen LogP contribution in [-0.4, -0.2) is 38.9 Å². The average Bonchev–Trinajstić information content (AvgIpc) is 3.31. The van der Waals surface area contributed by atoms with Crippen molar-refractivity contribution in [2.75, 3.05) is 19.7 Å². The van der Waals surface area contributed by atoms with E-state index in [1.165, 1.54) is 11.8 Å². The van der Waals surface area contributed by atoms with Gasteiger partial charge in [0.05, 0.1) is 23.5 Å². The monoisotopic (exact) mass is 481 g/mol. The van der Waals surface area contributed by atoms with Crippen LogP contribution in [0.3, 0.4) is 0 Å². The highest BCUT2D eigenvalue weighted by Gasteiger charge is 2.28. The number of carbonyl (C=O) groups excluding carboxylic acids is 1. The van der Waals surface area contributed by atoms with Gasteiger partial charge in [-0.1, -0.05) is 30.3 Å². The second-order valence-corrected chi connectivity index (χ2v) is 10.7. The molecule has 34 heavy (non-hydrogen) atoms. The molecule has 0 N–H and O–H groups in total. The first-order valence-electron chi connectivity index (χ1n) is 11.8. The van der Waals surface area contributed by atoms with Crippen LogP contribution < -0.4 is 4.74 Å². The number of rotatable bonds is 9. The van der Waals surface area contributed by atoms with Crippen LogP contribution in [0.25, 0.3) is 0 Å². The van der Waals surface area contributed by atoms with Gasteiger partial charge < -0.3 is 14.1 Å². The second-order valence-electron chi connectivity index (χ2n) is 8.70. The Morgan fingerprint density at radius 3 is 2.41 bits per heavy atom. The van der Waals surface area contributed by atoms with Crippen LogP contribution in [-0.2, 0) is 22.0 Å². The fraction of sp³-hybridized carbons (Fsp3) is 0.370. The predicted molar refractivity (Wildman–Crippen MR) is 131 cm³/mol. The van der Waals surface area contributed by atoms with Crippen molar-refractivity contribution in [3.05, 3.63) is 83.8 Å². The molecule has 0 radical (unpaired) electrons. The van der Waals surface area contributed by atoms with Crippen molar-refractivity contribution in [2.45, 2.75) is 43.3 Å². The van der Waals surface area contributed by atoms with Gasteiger partial charge >= 0.3 is 0 Å². The Morgan fingerprint density at radius 2 is 1.74 bits per heavy atom. The molecule has 1 aliphatic rings. The number of hydrogen-bond donors (Lipinski definition) is 0. The van der Waals surface area contributed by atoms with Crippen molar-refractivity contribution >= 4 is 15.7 Å². The van der Waals surface area contributed by atoms with Gasteiger partial charge in [0.2, 0.25) is 0 Å². The lowest BCUT2D eigenvalue weighted by Crippen LogP contribution is -2.38. The highest BCUT2D eigenvalue weighted by molar-refractivity contribution is 7.90. The van der Waals surface area contributed by atoms with Crippen molar-refractivity contribution in [3.63, 3.8) is 0 Å². The van der Waals surface area contributed by atoms with Gasteiger partial charge in [-0.05, 0) is 74.4 Å². The van der Waals surface area contributed by atoms with Gasteiger partial charge in [-0.2, -0.15) is 0 Å². The van der Waals surface area contributed by atoms with Gasteiger partial charge in [0, 0.05) is 18.7 Å². The van der Waals surface area contributed by atoms with Gasteiger partial charge in [0.15, 0.2) is 15.6 Å². The summed E-state index contributed by atoms with van der Waals surface area (Å²) in [6, 6.07) is 18.1. The zero-order valence-corrected chi connectivity index (χ0v) is 20.3. The number of likely N-dealkylation sites (tertiary alicyclic amines) is 1. The molecule has 3 aromatic rings. The van der Waals surface area contributed by atoms with Gasteiger partial charge in [0.25, 0.3) is 5.91 Å². The highest BCUT2D eigenvalue weighted by Crippen LogP contribution is 2.26. The number of carbonyl (C=O) groups is 1. The first kappa shape index (κ1) is 24.1. The van der Waals surface area contributed by atoms with Crippen molar-refractivity contribution in [1.29, 1.82) is 0 Å². The maximum atomic E-state index is 13.1. The minimum atomic E-state index is -3.56. The van der Waals surface area contributed by atoms with E-state index in [2.05, 4.69) is 12.1 Å². The number of sulfone groups is 1. The fourth-order valence-electron chi connectivity index (χ4n) is 4.41. The van der Waals surface area contributed by atoms with Crippen molar-refractivity contribution in [3.8, 4) is 5.75 Å². The molecular weight excluding hydrogens is 450 g/mol. The van der Waals surface area contributed by atoms with Crippen LogP contribution in [0.15, 0.2) is 76.2 Å². The lowest BCUT2D eigenvalue weighted by molar-refractivity contribution is 0.0653.